The van der Waals surface area contributed by atoms with Gasteiger partial charge in [0.1, 0.15) is 0 Å². The van der Waals surface area contributed by atoms with Crippen molar-refractivity contribution in [3.8, 4) is 0 Å². The molecular weight excluding hydrogens is 528 g/mol. The Bertz CT molecular complexity index is 1430. The molecule has 0 aromatic heterocycles. The van der Waals surface area contributed by atoms with Crippen molar-refractivity contribution in [2.75, 3.05) is 14.1 Å². The van der Waals surface area contributed by atoms with Gasteiger partial charge in [-0.2, -0.15) is 0 Å². The van der Waals surface area contributed by atoms with Crippen LogP contribution >= 0.6 is 15.9 Å². The largest absolute Gasteiger partial charge is 0.300 e. The summed E-state index contributed by atoms with van der Waals surface area (Å²) in [5.41, 5.74) is 4.02. The first-order valence-corrected chi connectivity index (χ1v) is 13.3. The van der Waals surface area contributed by atoms with E-state index in [1.165, 1.54) is 43.3 Å². The van der Waals surface area contributed by atoms with Gasteiger partial charge >= 0.3 is 0 Å². The van der Waals surface area contributed by atoms with Crippen molar-refractivity contribution in [2.45, 2.75) is 24.8 Å². The van der Waals surface area contributed by atoms with Gasteiger partial charge in [0.15, 0.2) is 5.78 Å². The topological polar surface area (TPSA) is 74.8 Å². The second kappa shape index (κ2) is 9.89. The maximum absolute atomic E-state index is 13.7. The smallest absolute Gasteiger partial charge is 0.258 e. The molecule has 3 aromatic carbocycles. The molecular formula is C27H25BrN2O4S. The zero-order valence-electron chi connectivity index (χ0n) is 19.7. The van der Waals surface area contributed by atoms with Gasteiger partial charge in [-0.1, -0.05) is 59.3 Å². The third-order valence-corrected chi connectivity index (χ3v) is 8.27. The van der Waals surface area contributed by atoms with Gasteiger partial charge in [-0.25, -0.2) is 12.7 Å². The van der Waals surface area contributed by atoms with Crippen LogP contribution in [0, 0.1) is 0 Å². The second-order valence-electron chi connectivity index (χ2n) is 8.37. The molecule has 0 unspecified atom stereocenters. The minimum absolute atomic E-state index is 0.0956. The number of carbonyl (C=O) groups is 2. The molecule has 180 valence electrons. The Labute approximate surface area is 214 Å². The second-order valence-corrected chi connectivity index (χ2v) is 11.4. The first kappa shape index (κ1) is 25.0. The SMILES string of the molecule is CCC(=O)C1=C(c2ccccc2)c2cc(Br)ccc2CN1C(=O)c1ccc(S(=O)(=O)N(C)C)cc1. The predicted octanol–water partition coefficient (Wildman–Crippen LogP) is 5.09. The molecule has 8 heteroatoms. The molecule has 0 bridgehead atoms. The first-order valence-electron chi connectivity index (χ1n) is 11.1. The average molecular weight is 553 g/mol. The molecule has 0 atom stereocenters. The number of nitrogens with zero attached hydrogens (tertiary/aromatic N) is 2. The molecule has 0 aliphatic carbocycles. The van der Waals surface area contributed by atoms with E-state index in [0.29, 0.717) is 16.8 Å². The van der Waals surface area contributed by atoms with Crippen molar-refractivity contribution in [1.29, 1.82) is 0 Å². The predicted molar refractivity (Wildman–Crippen MR) is 139 cm³/mol. The van der Waals surface area contributed by atoms with Crippen LogP contribution in [0.4, 0.5) is 0 Å². The quantitative estimate of drug-likeness (QED) is 0.426. The standard InChI is InChI=1S/C27H25BrN2O4S/c1-4-24(31)26-25(18-8-6-5-7-9-18)23-16-21(28)13-10-20(23)17-30(26)27(32)19-11-14-22(15-12-19)35(33,34)29(2)3/h5-16H,4,17H2,1-3H3. The molecule has 1 heterocycles. The number of hydrogen-bond acceptors (Lipinski definition) is 4. The summed E-state index contributed by atoms with van der Waals surface area (Å²) in [4.78, 5) is 28.7. The van der Waals surface area contributed by atoms with Crippen molar-refractivity contribution >= 4 is 43.2 Å². The van der Waals surface area contributed by atoms with Crippen LogP contribution in [-0.2, 0) is 21.4 Å². The van der Waals surface area contributed by atoms with Crippen molar-refractivity contribution in [2.24, 2.45) is 0 Å². The number of Topliss-reactive ketones (excluding diaryl/α,β-unsaturated/α-hetero) is 1. The highest BCUT2D eigenvalue weighted by molar-refractivity contribution is 9.10. The normalized spacial score (nSPS) is 13.7. The van der Waals surface area contributed by atoms with Gasteiger partial charge in [0, 0.05) is 36.1 Å². The lowest BCUT2D eigenvalue weighted by molar-refractivity contribution is -0.116. The van der Waals surface area contributed by atoms with Crippen molar-refractivity contribution in [1.82, 2.24) is 9.21 Å². The summed E-state index contributed by atoms with van der Waals surface area (Å²) in [6.07, 6.45) is 0.235. The van der Waals surface area contributed by atoms with Gasteiger partial charge in [-0.3, -0.25) is 14.5 Å². The molecule has 1 aliphatic heterocycles. The highest BCUT2D eigenvalue weighted by Crippen LogP contribution is 2.39. The molecule has 6 nitrogen and oxygen atoms in total. The number of rotatable bonds is 6. The molecule has 0 saturated carbocycles. The van der Waals surface area contributed by atoms with Crippen LogP contribution < -0.4 is 0 Å². The van der Waals surface area contributed by atoms with E-state index in [2.05, 4.69) is 15.9 Å². The molecule has 0 N–H and O–H groups in total. The van der Waals surface area contributed by atoms with Gasteiger partial charge in [-0.15, -0.1) is 0 Å². The molecule has 1 aliphatic rings. The summed E-state index contributed by atoms with van der Waals surface area (Å²) in [6.45, 7) is 2.01. The zero-order chi connectivity index (χ0) is 25.3. The van der Waals surface area contributed by atoms with Crippen LogP contribution in [0.5, 0.6) is 0 Å². The number of hydrogen-bond donors (Lipinski definition) is 0. The van der Waals surface area contributed by atoms with Crippen molar-refractivity contribution in [3.63, 3.8) is 0 Å². The monoisotopic (exact) mass is 552 g/mol. The van der Waals surface area contributed by atoms with E-state index in [1.807, 2.05) is 48.5 Å². The van der Waals surface area contributed by atoms with Crippen LogP contribution in [0.25, 0.3) is 5.57 Å². The van der Waals surface area contributed by atoms with Crippen LogP contribution in [0.3, 0.4) is 0 Å². The highest BCUT2D eigenvalue weighted by Gasteiger charge is 2.33. The summed E-state index contributed by atoms with van der Waals surface area (Å²) in [7, 11) is -0.711. The van der Waals surface area contributed by atoms with Crippen molar-refractivity contribution in [3.05, 3.63) is 105 Å². The van der Waals surface area contributed by atoms with Gasteiger partial charge in [0.05, 0.1) is 17.1 Å². The van der Waals surface area contributed by atoms with Crippen LogP contribution in [0.1, 0.15) is 40.4 Å². The lowest BCUT2D eigenvalue weighted by Gasteiger charge is -2.33. The van der Waals surface area contributed by atoms with E-state index >= 15 is 0 Å². The fraction of sp³-hybridized carbons (Fsp3) is 0.185. The summed E-state index contributed by atoms with van der Waals surface area (Å²) >= 11 is 3.54. The summed E-state index contributed by atoms with van der Waals surface area (Å²) in [5, 5.41) is 0. The Balaban J connectivity index is 1.88. The third kappa shape index (κ3) is 4.74. The number of fused-ring (bicyclic) bond motifs is 1. The molecule has 0 radical (unpaired) electrons. The number of carbonyl (C=O) groups excluding carboxylic acids is 2. The molecule has 4 rings (SSSR count). The highest BCUT2D eigenvalue weighted by atomic mass is 79.9. The van der Waals surface area contributed by atoms with E-state index in [4.69, 9.17) is 0 Å². The maximum Gasteiger partial charge on any atom is 0.258 e. The zero-order valence-corrected chi connectivity index (χ0v) is 22.1. The number of allylic oxidation sites excluding steroid dienone is 1. The maximum atomic E-state index is 13.7. The molecule has 3 aromatic rings. The van der Waals surface area contributed by atoms with Crippen LogP contribution in [0.15, 0.2) is 87.9 Å². The fourth-order valence-electron chi connectivity index (χ4n) is 4.10. The van der Waals surface area contributed by atoms with Gasteiger partial charge in [0.25, 0.3) is 5.91 Å². The van der Waals surface area contributed by atoms with E-state index in [-0.39, 0.29) is 29.6 Å². The molecule has 35 heavy (non-hydrogen) atoms. The number of amides is 1. The molecule has 0 fully saturated rings. The van der Waals surface area contributed by atoms with E-state index in [1.54, 1.807) is 6.92 Å². The summed E-state index contributed by atoms with van der Waals surface area (Å²) in [6, 6.07) is 21.2. The lowest BCUT2D eigenvalue weighted by atomic mass is 9.86. The molecule has 1 amide bonds. The van der Waals surface area contributed by atoms with E-state index in [9.17, 15) is 18.0 Å². The summed E-state index contributed by atoms with van der Waals surface area (Å²) < 4.78 is 26.9. The molecule has 0 saturated heterocycles. The Morgan fingerprint density at radius 2 is 1.63 bits per heavy atom. The number of sulfonamides is 1. The van der Waals surface area contributed by atoms with Gasteiger partial charge < -0.3 is 0 Å². The van der Waals surface area contributed by atoms with Crippen LogP contribution in [0.2, 0.25) is 0 Å². The number of ketones is 1. The minimum Gasteiger partial charge on any atom is -0.300 e. The summed E-state index contributed by atoms with van der Waals surface area (Å²) in [5.74, 6) is -0.507. The Hall–Kier alpha value is -3.07. The minimum atomic E-state index is -3.62. The lowest BCUT2D eigenvalue weighted by Crippen LogP contribution is -2.37. The van der Waals surface area contributed by atoms with Crippen LogP contribution in [-0.4, -0.2) is 43.4 Å². The number of benzene rings is 3. The first-order chi connectivity index (χ1) is 16.6. The third-order valence-electron chi connectivity index (χ3n) is 5.95. The van der Waals surface area contributed by atoms with Crippen molar-refractivity contribution < 1.29 is 18.0 Å². The van der Waals surface area contributed by atoms with Gasteiger partial charge in [-0.05, 0) is 53.1 Å². The Kier molecular flexibility index (Phi) is 7.07. The Morgan fingerprint density at radius 1 is 0.971 bits per heavy atom. The molecule has 0 spiro atoms. The fourth-order valence-corrected chi connectivity index (χ4v) is 5.36. The van der Waals surface area contributed by atoms with E-state index < -0.39 is 10.0 Å². The number of halogens is 1. The Morgan fingerprint density at radius 3 is 2.23 bits per heavy atom. The van der Waals surface area contributed by atoms with Gasteiger partial charge in [0.2, 0.25) is 10.0 Å². The van der Waals surface area contributed by atoms with E-state index in [0.717, 1.165) is 25.5 Å². The average Bonchev–Trinajstić information content (AvgIpc) is 2.87.